The van der Waals surface area contributed by atoms with Crippen LogP contribution in [0, 0.1) is 11.8 Å². The quantitative estimate of drug-likeness (QED) is 0.451. The van der Waals surface area contributed by atoms with Gasteiger partial charge in [0.05, 0.1) is 0 Å². The first-order valence-corrected chi connectivity index (χ1v) is 6.18. The zero-order valence-electron chi connectivity index (χ0n) is 13.0. The van der Waals surface area contributed by atoms with Gasteiger partial charge in [-0.15, -0.1) is 0 Å². The second kappa shape index (κ2) is 6.42. The van der Waals surface area contributed by atoms with Gasteiger partial charge in [0.1, 0.15) is 0 Å². The monoisotopic (exact) mass is 278 g/mol. The van der Waals surface area contributed by atoms with E-state index >= 15 is 0 Å². The van der Waals surface area contributed by atoms with Gasteiger partial charge in [-0.3, -0.25) is 0 Å². The molecule has 0 spiro atoms. The lowest BCUT2D eigenvalue weighted by Gasteiger charge is -2.22. The van der Waals surface area contributed by atoms with Gasteiger partial charge in [-0.25, -0.2) is 9.59 Å². The van der Waals surface area contributed by atoms with Crippen molar-refractivity contribution in [3.63, 3.8) is 0 Å². The minimum Gasteiger partial charge on any atom is -0.443 e. The molecule has 4 heteroatoms. The summed E-state index contributed by atoms with van der Waals surface area (Å²) in [6, 6.07) is 0. The fourth-order valence-electron chi connectivity index (χ4n) is 0.990. The minimum absolute atomic E-state index is 0.299. The van der Waals surface area contributed by atoms with E-state index in [1.807, 2.05) is 0 Å². The molecule has 0 aromatic heterocycles. The molecule has 110 valence electrons. The summed E-state index contributed by atoms with van der Waals surface area (Å²) in [6.07, 6.45) is 0. The predicted molar refractivity (Wildman–Crippen MR) is 77.7 cm³/mol. The van der Waals surface area contributed by atoms with Crippen LogP contribution in [0.3, 0.4) is 0 Å². The van der Waals surface area contributed by atoms with Crippen molar-refractivity contribution in [1.82, 2.24) is 0 Å². The number of esters is 2. The average Bonchev–Trinajstić information content (AvgIpc) is 2.25. The van der Waals surface area contributed by atoms with Gasteiger partial charge < -0.3 is 9.47 Å². The Morgan fingerprint density at radius 2 is 1.05 bits per heavy atom. The highest BCUT2D eigenvalue weighted by Gasteiger charge is 2.24. The van der Waals surface area contributed by atoms with E-state index in [0.717, 1.165) is 0 Å². The van der Waals surface area contributed by atoms with Gasteiger partial charge in [0.15, 0.2) is 11.2 Å². The molecule has 20 heavy (non-hydrogen) atoms. The molecule has 0 aliphatic heterocycles. The highest BCUT2D eigenvalue weighted by molar-refractivity contribution is 5.88. The van der Waals surface area contributed by atoms with Crippen molar-refractivity contribution in [2.24, 2.45) is 0 Å². The summed E-state index contributed by atoms with van der Waals surface area (Å²) >= 11 is 0. The lowest BCUT2D eigenvalue weighted by molar-refractivity contribution is -0.148. The van der Waals surface area contributed by atoms with Crippen molar-refractivity contribution < 1.29 is 19.1 Å². The Hall–Kier alpha value is -2.02. The molecule has 0 aliphatic carbocycles. The van der Waals surface area contributed by atoms with Crippen LogP contribution >= 0.6 is 0 Å². The third-order valence-corrected chi connectivity index (χ3v) is 2.06. The highest BCUT2D eigenvalue weighted by atomic mass is 16.6. The molecule has 0 fully saturated rings. The van der Waals surface area contributed by atoms with Crippen LogP contribution in [-0.2, 0) is 19.1 Å². The van der Waals surface area contributed by atoms with Crippen LogP contribution in [-0.4, -0.2) is 23.1 Å². The molecule has 0 saturated heterocycles. The van der Waals surface area contributed by atoms with E-state index in [1.54, 1.807) is 41.5 Å². The van der Waals surface area contributed by atoms with Crippen molar-refractivity contribution in [2.45, 2.75) is 52.7 Å². The van der Waals surface area contributed by atoms with Crippen LogP contribution in [0.2, 0.25) is 0 Å². The van der Waals surface area contributed by atoms with E-state index in [0.29, 0.717) is 11.1 Å². The molecule has 0 bridgehead atoms. The molecule has 0 saturated carbocycles. The maximum Gasteiger partial charge on any atom is 0.334 e. The van der Waals surface area contributed by atoms with Gasteiger partial charge in [-0.2, -0.15) is 0 Å². The first-order chi connectivity index (χ1) is 8.86. The molecule has 0 unspecified atom stereocenters. The van der Waals surface area contributed by atoms with Gasteiger partial charge in [-0.1, -0.05) is 25.0 Å². The molecular formula is C16H22O4. The zero-order chi connectivity index (χ0) is 16.1. The van der Waals surface area contributed by atoms with Crippen LogP contribution in [0.4, 0.5) is 0 Å². The molecule has 0 aromatic carbocycles. The lowest BCUT2D eigenvalue weighted by Crippen LogP contribution is -2.30. The first-order valence-electron chi connectivity index (χ1n) is 6.18. The molecule has 0 amide bonds. The van der Waals surface area contributed by atoms with Crippen molar-refractivity contribution in [2.75, 3.05) is 0 Å². The van der Waals surface area contributed by atoms with Crippen LogP contribution in [0.15, 0.2) is 24.3 Å². The first kappa shape index (κ1) is 18.0. The second-order valence-corrected chi connectivity index (χ2v) is 5.61. The molecule has 0 aromatic rings. The zero-order valence-corrected chi connectivity index (χ0v) is 13.0. The van der Waals surface area contributed by atoms with Crippen molar-refractivity contribution in [3.05, 3.63) is 24.3 Å². The fraction of sp³-hybridized carbons (Fsp3) is 0.500. The average molecular weight is 278 g/mol. The van der Waals surface area contributed by atoms with E-state index in [-0.39, 0.29) is 0 Å². The Labute approximate surface area is 120 Å². The summed E-state index contributed by atoms with van der Waals surface area (Å²) in [5, 5.41) is 0. The molecule has 0 radical (unpaired) electrons. The van der Waals surface area contributed by atoms with Crippen molar-refractivity contribution >= 4 is 11.9 Å². The number of carbonyl (C=O) groups excluding carboxylic acids is 2. The largest absolute Gasteiger partial charge is 0.443 e. The summed E-state index contributed by atoms with van der Waals surface area (Å²) < 4.78 is 10.4. The molecular weight excluding hydrogens is 256 g/mol. The number of carbonyl (C=O) groups is 2. The van der Waals surface area contributed by atoms with Gasteiger partial charge in [0, 0.05) is 11.1 Å². The molecule has 0 aliphatic rings. The minimum atomic E-state index is -0.997. The number of rotatable bonds is 4. The number of hydrogen-bond acceptors (Lipinski definition) is 4. The smallest absolute Gasteiger partial charge is 0.334 e. The Morgan fingerprint density at radius 3 is 1.25 bits per heavy atom. The van der Waals surface area contributed by atoms with Crippen molar-refractivity contribution in [3.8, 4) is 11.8 Å². The Kier molecular flexibility index (Phi) is 5.78. The van der Waals surface area contributed by atoms with Gasteiger partial charge in [-0.05, 0) is 41.5 Å². The summed E-state index contributed by atoms with van der Waals surface area (Å²) in [6.45, 7) is 16.7. The maximum absolute atomic E-state index is 11.5. The van der Waals surface area contributed by atoms with E-state index in [9.17, 15) is 9.59 Å². The van der Waals surface area contributed by atoms with Gasteiger partial charge in [0.25, 0.3) is 0 Å². The summed E-state index contributed by atoms with van der Waals surface area (Å²) in [5.74, 6) is 4.55. The Bertz CT molecular complexity index is 454. The lowest BCUT2D eigenvalue weighted by atomic mass is 10.1. The van der Waals surface area contributed by atoms with Crippen LogP contribution in [0.25, 0.3) is 0 Å². The SMILES string of the molecule is C=C(C)C(=O)OC(C)(C)C#CC(C)(C)OC(=O)C(=C)C. The highest BCUT2D eigenvalue weighted by Crippen LogP contribution is 2.14. The predicted octanol–water partition coefficient (Wildman–Crippen LogP) is 2.79. The maximum atomic E-state index is 11.5. The topological polar surface area (TPSA) is 52.6 Å². The Morgan fingerprint density at radius 1 is 0.800 bits per heavy atom. The van der Waals surface area contributed by atoms with E-state index in [1.165, 1.54) is 0 Å². The van der Waals surface area contributed by atoms with Crippen molar-refractivity contribution in [1.29, 1.82) is 0 Å². The second-order valence-electron chi connectivity index (χ2n) is 5.61. The van der Waals surface area contributed by atoms with Crippen LogP contribution in [0.1, 0.15) is 41.5 Å². The Balaban J connectivity index is 4.93. The molecule has 0 rings (SSSR count). The standard InChI is InChI=1S/C16H22O4/c1-11(2)13(17)19-15(5,6)9-10-16(7,8)20-14(18)12(3)4/h1,3H2,2,4-8H3. The molecule has 0 atom stereocenters. The third kappa shape index (κ3) is 6.79. The fourth-order valence-corrected chi connectivity index (χ4v) is 0.990. The molecule has 0 N–H and O–H groups in total. The van der Waals surface area contributed by atoms with E-state index in [4.69, 9.17) is 9.47 Å². The van der Waals surface area contributed by atoms with Gasteiger partial charge in [0.2, 0.25) is 0 Å². The van der Waals surface area contributed by atoms with E-state index < -0.39 is 23.1 Å². The third-order valence-electron chi connectivity index (χ3n) is 2.06. The number of ether oxygens (including phenoxy) is 2. The molecule has 4 nitrogen and oxygen atoms in total. The summed E-state index contributed by atoms with van der Waals surface area (Å²) in [7, 11) is 0. The van der Waals surface area contributed by atoms with Gasteiger partial charge >= 0.3 is 11.9 Å². The van der Waals surface area contributed by atoms with E-state index in [2.05, 4.69) is 25.0 Å². The number of hydrogen-bond donors (Lipinski definition) is 0. The van der Waals surface area contributed by atoms with Crippen LogP contribution in [0.5, 0.6) is 0 Å². The summed E-state index contributed by atoms with van der Waals surface area (Å²) in [4.78, 5) is 22.9. The summed E-state index contributed by atoms with van der Waals surface area (Å²) in [5.41, 5.74) is -1.40. The molecule has 0 heterocycles. The normalized spacial score (nSPS) is 10.9. The van der Waals surface area contributed by atoms with Crippen LogP contribution < -0.4 is 0 Å².